The zero-order valence-electron chi connectivity index (χ0n) is 7.52. The summed E-state index contributed by atoms with van der Waals surface area (Å²) in [4.78, 5) is 0. The first-order valence-electron chi connectivity index (χ1n) is 4.21. The molecule has 0 aromatic carbocycles. The summed E-state index contributed by atoms with van der Waals surface area (Å²) in [5, 5.41) is 0. The zero-order chi connectivity index (χ0) is 7.78. The van der Waals surface area contributed by atoms with E-state index in [9.17, 15) is 0 Å². The van der Waals surface area contributed by atoms with Gasteiger partial charge in [0.2, 0.25) is 0 Å². The van der Waals surface area contributed by atoms with Crippen molar-refractivity contribution < 1.29 is 1.37 Å². The van der Waals surface area contributed by atoms with Gasteiger partial charge in [-0.3, -0.25) is 0 Å². The molecule has 0 N–H and O–H groups in total. The molecule has 0 nitrogen and oxygen atoms in total. The van der Waals surface area contributed by atoms with E-state index in [1.54, 1.807) is 0 Å². The van der Waals surface area contributed by atoms with Crippen molar-refractivity contribution in [2.75, 3.05) is 0 Å². The highest BCUT2D eigenvalue weighted by Gasteiger charge is 2.21. The molecule has 2 atom stereocenters. The number of hydrogen-bond acceptors (Lipinski definition) is 0. The minimum absolute atomic E-state index is 0.0810. The lowest BCUT2D eigenvalue weighted by atomic mass is 9.77. The van der Waals surface area contributed by atoms with Gasteiger partial charge in [-0.05, 0) is 24.2 Å². The number of hydrogen-bond donors (Lipinski definition) is 0. The average molecular weight is 125 g/mol. The SMILES string of the molecule is [2H]C1C(C)C=CCC1(C)C. The molecule has 1 aliphatic carbocycles. The van der Waals surface area contributed by atoms with E-state index in [-0.39, 0.29) is 11.8 Å². The van der Waals surface area contributed by atoms with E-state index < -0.39 is 0 Å². The van der Waals surface area contributed by atoms with Gasteiger partial charge in [-0.1, -0.05) is 32.9 Å². The van der Waals surface area contributed by atoms with Crippen molar-refractivity contribution in [1.29, 1.82) is 0 Å². The Bertz CT molecular complexity index is 147. The highest BCUT2D eigenvalue weighted by atomic mass is 14.3. The molecule has 0 aliphatic heterocycles. The molecule has 2 unspecified atom stereocenters. The first-order valence-corrected chi connectivity index (χ1v) is 3.63. The van der Waals surface area contributed by atoms with Crippen LogP contribution in [0.15, 0.2) is 12.2 Å². The van der Waals surface area contributed by atoms with E-state index in [0.29, 0.717) is 5.92 Å². The lowest BCUT2D eigenvalue weighted by molar-refractivity contribution is 0.289. The van der Waals surface area contributed by atoms with Gasteiger partial charge in [-0.15, -0.1) is 0 Å². The molecule has 0 spiro atoms. The van der Waals surface area contributed by atoms with Crippen LogP contribution in [0.1, 0.15) is 35.0 Å². The van der Waals surface area contributed by atoms with Gasteiger partial charge in [-0.25, -0.2) is 0 Å². The second-order valence-corrected chi connectivity index (χ2v) is 3.65. The van der Waals surface area contributed by atoms with E-state index >= 15 is 0 Å². The zero-order valence-corrected chi connectivity index (χ0v) is 6.52. The highest BCUT2D eigenvalue weighted by Crippen LogP contribution is 2.33. The molecule has 0 aromatic rings. The van der Waals surface area contributed by atoms with Gasteiger partial charge in [0.15, 0.2) is 0 Å². The van der Waals surface area contributed by atoms with Crippen molar-refractivity contribution in [3.8, 4) is 0 Å². The molecular formula is C9H16. The quantitative estimate of drug-likeness (QED) is 0.436. The smallest absolute Gasteiger partial charge is 0.0278 e. The topological polar surface area (TPSA) is 0 Å². The minimum atomic E-state index is 0.0810. The summed E-state index contributed by atoms with van der Waals surface area (Å²) in [6.45, 7) is 6.46. The summed E-state index contributed by atoms with van der Waals surface area (Å²) in [5.74, 6) is 0.434. The largest absolute Gasteiger partial charge is 0.0877 e. The van der Waals surface area contributed by atoms with Crippen LogP contribution in [0.25, 0.3) is 0 Å². The van der Waals surface area contributed by atoms with Crippen LogP contribution in [-0.2, 0) is 0 Å². The van der Waals surface area contributed by atoms with E-state index in [0.717, 1.165) is 6.42 Å². The van der Waals surface area contributed by atoms with E-state index in [1.165, 1.54) is 0 Å². The van der Waals surface area contributed by atoms with Crippen molar-refractivity contribution in [3.05, 3.63) is 12.2 Å². The third-order valence-electron chi connectivity index (χ3n) is 1.80. The predicted molar refractivity (Wildman–Crippen MR) is 41.3 cm³/mol. The van der Waals surface area contributed by atoms with Crippen LogP contribution in [0.3, 0.4) is 0 Å². The van der Waals surface area contributed by atoms with Gasteiger partial charge >= 0.3 is 0 Å². The molecule has 0 radical (unpaired) electrons. The lowest BCUT2D eigenvalue weighted by Crippen LogP contribution is -2.16. The lowest BCUT2D eigenvalue weighted by Gasteiger charge is -2.29. The highest BCUT2D eigenvalue weighted by molar-refractivity contribution is 4.97. The summed E-state index contributed by atoms with van der Waals surface area (Å²) in [7, 11) is 0. The molecule has 1 aliphatic rings. The van der Waals surface area contributed by atoms with Crippen molar-refractivity contribution in [2.24, 2.45) is 11.3 Å². The fraction of sp³-hybridized carbons (Fsp3) is 0.778. The Morgan fingerprint density at radius 2 is 2.33 bits per heavy atom. The minimum Gasteiger partial charge on any atom is -0.0877 e. The maximum atomic E-state index is 7.83. The van der Waals surface area contributed by atoms with Gasteiger partial charge in [0.1, 0.15) is 0 Å². The molecule has 0 heterocycles. The van der Waals surface area contributed by atoms with Crippen LogP contribution in [0.5, 0.6) is 0 Å². The molecule has 0 heteroatoms. The summed E-state index contributed by atoms with van der Waals surface area (Å²) < 4.78 is 7.83. The summed E-state index contributed by atoms with van der Waals surface area (Å²) in [6, 6.07) is 0. The molecule has 0 aromatic heterocycles. The van der Waals surface area contributed by atoms with Gasteiger partial charge < -0.3 is 0 Å². The maximum absolute atomic E-state index is 7.83. The molecule has 9 heavy (non-hydrogen) atoms. The summed E-state index contributed by atoms with van der Waals surface area (Å²) in [5.41, 5.74) is 0.189. The van der Waals surface area contributed by atoms with Gasteiger partial charge in [0.25, 0.3) is 0 Å². The van der Waals surface area contributed by atoms with Gasteiger partial charge in [0, 0.05) is 1.37 Å². The van der Waals surface area contributed by atoms with Gasteiger partial charge in [0.05, 0.1) is 0 Å². The monoisotopic (exact) mass is 125 g/mol. The standard InChI is InChI=1S/C9H16/c1-8-5-4-6-9(2,3)7-8/h4-5,8H,6-7H2,1-3H3/i7D. The molecule has 52 valence electrons. The Morgan fingerprint density at radius 1 is 1.67 bits per heavy atom. The summed E-state index contributed by atoms with van der Waals surface area (Å²) >= 11 is 0. The van der Waals surface area contributed by atoms with Crippen molar-refractivity contribution in [2.45, 2.75) is 33.6 Å². The number of rotatable bonds is 0. The van der Waals surface area contributed by atoms with Crippen molar-refractivity contribution in [1.82, 2.24) is 0 Å². The average Bonchev–Trinajstić information content (AvgIpc) is 1.83. The molecule has 0 bridgehead atoms. The normalized spacial score (nSPS) is 42.3. The Balaban J connectivity index is 2.75. The Labute approximate surface area is 59.4 Å². The Morgan fingerprint density at radius 3 is 2.78 bits per heavy atom. The first-order chi connectivity index (χ1) is 4.54. The second kappa shape index (κ2) is 2.17. The fourth-order valence-electron chi connectivity index (χ4n) is 1.42. The predicted octanol–water partition coefficient (Wildman–Crippen LogP) is 3.00. The third kappa shape index (κ3) is 1.85. The van der Waals surface area contributed by atoms with E-state index in [4.69, 9.17) is 1.37 Å². The number of allylic oxidation sites excluding steroid dienone is 2. The molecule has 0 saturated heterocycles. The van der Waals surface area contributed by atoms with Crippen LogP contribution in [0, 0.1) is 11.3 Å². The first kappa shape index (κ1) is 5.52. The molecular weight excluding hydrogens is 108 g/mol. The van der Waals surface area contributed by atoms with Crippen LogP contribution < -0.4 is 0 Å². The molecule has 0 saturated carbocycles. The fourth-order valence-corrected chi connectivity index (χ4v) is 1.42. The van der Waals surface area contributed by atoms with Crippen LogP contribution >= 0.6 is 0 Å². The van der Waals surface area contributed by atoms with E-state index in [2.05, 4.69) is 32.9 Å². The van der Waals surface area contributed by atoms with Crippen LogP contribution in [0.2, 0.25) is 0 Å². The third-order valence-corrected chi connectivity index (χ3v) is 1.80. The Kier molecular flexibility index (Phi) is 1.33. The van der Waals surface area contributed by atoms with Crippen molar-refractivity contribution >= 4 is 0 Å². The molecule has 0 amide bonds. The Hall–Kier alpha value is -0.260. The van der Waals surface area contributed by atoms with Crippen LogP contribution in [0.4, 0.5) is 0 Å². The molecule has 0 fully saturated rings. The van der Waals surface area contributed by atoms with Crippen molar-refractivity contribution in [3.63, 3.8) is 0 Å². The second-order valence-electron chi connectivity index (χ2n) is 3.65. The molecule has 1 rings (SSSR count). The summed E-state index contributed by atoms with van der Waals surface area (Å²) in [6.07, 6.45) is 5.50. The van der Waals surface area contributed by atoms with E-state index in [1.807, 2.05) is 0 Å². The maximum Gasteiger partial charge on any atom is 0.0278 e. The van der Waals surface area contributed by atoms with Gasteiger partial charge in [-0.2, -0.15) is 0 Å². The van der Waals surface area contributed by atoms with Crippen LogP contribution in [-0.4, -0.2) is 0 Å².